The summed E-state index contributed by atoms with van der Waals surface area (Å²) in [5, 5.41) is 14.1. The molecule has 160 valence electrons. The highest BCUT2D eigenvalue weighted by molar-refractivity contribution is 8.01. The fourth-order valence-electron chi connectivity index (χ4n) is 2.72. The van der Waals surface area contributed by atoms with Crippen LogP contribution in [-0.2, 0) is 4.79 Å². The summed E-state index contributed by atoms with van der Waals surface area (Å²) in [5.41, 5.74) is 3.09. The number of nitro benzene ring substituents is 1. The molecule has 0 bridgehead atoms. The van der Waals surface area contributed by atoms with Crippen molar-refractivity contribution in [3.05, 3.63) is 87.4 Å². The number of rotatable bonds is 7. The number of nitro groups is 1. The van der Waals surface area contributed by atoms with Crippen LogP contribution in [0.15, 0.2) is 76.1 Å². The number of carbonyl (C=O) groups is 1. The Morgan fingerprint density at radius 3 is 2.62 bits per heavy atom. The Bertz CT molecular complexity index is 1310. The minimum Gasteiger partial charge on any atom is -0.325 e. The van der Waals surface area contributed by atoms with Gasteiger partial charge in [0.25, 0.3) is 5.69 Å². The molecule has 0 saturated carbocycles. The van der Waals surface area contributed by atoms with Crippen LogP contribution in [0.2, 0.25) is 5.02 Å². The van der Waals surface area contributed by atoms with E-state index in [9.17, 15) is 14.9 Å². The van der Waals surface area contributed by atoms with Gasteiger partial charge in [-0.3, -0.25) is 19.9 Å². The second-order valence-electron chi connectivity index (χ2n) is 6.58. The van der Waals surface area contributed by atoms with E-state index in [2.05, 4.69) is 15.3 Å². The third-order valence-corrected chi connectivity index (χ3v) is 6.69. The van der Waals surface area contributed by atoms with Gasteiger partial charge in [0.1, 0.15) is 0 Å². The smallest absolute Gasteiger partial charge is 0.269 e. The molecule has 4 aromatic rings. The Labute approximate surface area is 196 Å². The highest BCUT2D eigenvalue weighted by Crippen LogP contribution is 2.32. The molecule has 32 heavy (non-hydrogen) atoms. The van der Waals surface area contributed by atoms with Crippen molar-refractivity contribution >= 4 is 74.1 Å². The molecule has 0 aliphatic carbocycles. The van der Waals surface area contributed by atoms with Gasteiger partial charge in [0.05, 0.1) is 26.6 Å². The topological polar surface area (TPSA) is 97.5 Å². The number of aliphatic imine (C=N–C) groups is 1. The van der Waals surface area contributed by atoms with Crippen LogP contribution >= 0.6 is 34.7 Å². The zero-order valence-corrected chi connectivity index (χ0v) is 18.8. The van der Waals surface area contributed by atoms with E-state index >= 15 is 0 Å². The van der Waals surface area contributed by atoms with Gasteiger partial charge in [-0.1, -0.05) is 35.5 Å². The van der Waals surface area contributed by atoms with E-state index in [1.165, 1.54) is 47.4 Å². The first-order valence-corrected chi connectivity index (χ1v) is 11.5. The zero-order chi connectivity index (χ0) is 22.5. The molecule has 10 heteroatoms. The molecule has 4 rings (SSSR count). The number of aromatic nitrogens is 1. The normalized spacial score (nSPS) is 11.2. The molecule has 0 saturated heterocycles. The van der Waals surface area contributed by atoms with E-state index in [1.54, 1.807) is 6.21 Å². The van der Waals surface area contributed by atoms with Gasteiger partial charge in [-0.15, -0.1) is 11.3 Å². The van der Waals surface area contributed by atoms with Gasteiger partial charge in [0.15, 0.2) is 4.34 Å². The van der Waals surface area contributed by atoms with E-state index in [-0.39, 0.29) is 17.3 Å². The molecule has 1 heterocycles. The number of benzene rings is 3. The molecule has 0 radical (unpaired) electrons. The van der Waals surface area contributed by atoms with E-state index in [0.29, 0.717) is 10.7 Å². The van der Waals surface area contributed by atoms with Crippen LogP contribution in [0.3, 0.4) is 0 Å². The van der Waals surface area contributed by atoms with Crippen LogP contribution in [0, 0.1) is 10.1 Å². The second-order valence-corrected chi connectivity index (χ2v) is 9.27. The van der Waals surface area contributed by atoms with E-state index in [1.807, 2.05) is 42.5 Å². The molecule has 0 unspecified atom stereocenters. The lowest BCUT2D eigenvalue weighted by atomic mass is 10.2. The van der Waals surface area contributed by atoms with E-state index < -0.39 is 4.92 Å². The fraction of sp³-hybridized carbons (Fsp3) is 0.0455. The van der Waals surface area contributed by atoms with Gasteiger partial charge in [-0.05, 0) is 48.0 Å². The maximum Gasteiger partial charge on any atom is 0.269 e. The van der Waals surface area contributed by atoms with Gasteiger partial charge >= 0.3 is 0 Å². The van der Waals surface area contributed by atoms with Crippen molar-refractivity contribution in [1.82, 2.24) is 4.98 Å². The third-order valence-electron chi connectivity index (χ3n) is 4.27. The molecule has 3 aromatic carbocycles. The summed E-state index contributed by atoms with van der Waals surface area (Å²) in [5.74, 6) is -0.0327. The lowest BCUT2D eigenvalue weighted by Crippen LogP contribution is -2.13. The molecular weight excluding hydrogens is 468 g/mol. The second kappa shape index (κ2) is 9.90. The summed E-state index contributed by atoms with van der Waals surface area (Å²) in [7, 11) is 0. The number of amides is 1. The van der Waals surface area contributed by atoms with Gasteiger partial charge in [0.2, 0.25) is 5.91 Å². The lowest BCUT2D eigenvalue weighted by molar-refractivity contribution is -0.384. The first-order valence-electron chi connectivity index (χ1n) is 9.33. The number of halogens is 1. The largest absolute Gasteiger partial charge is 0.325 e. The summed E-state index contributed by atoms with van der Waals surface area (Å²) >= 11 is 8.73. The van der Waals surface area contributed by atoms with Crippen molar-refractivity contribution in [1.29, 1.82) is 0 Å². The first kappa shape index (κ1) is 21.9. The number of nitrogens with zero attached hydrogens (tertiary/aromatic N) is 3. The lowest BCUT2D eigenvalue weighted by Gasteiger charge is -2.03. The highest BCUT2D eigenvalue weighted by Gasteiger charge is 2.10. The zero-order valence-electron chi connectivity index (χ0n) is 16.4. The quantitative estimate of drug-likeness (QED) is 0.143. The Hall–Kier alpha value is -3.27. The van der Waals surface area contributed by atoms with Crippen LogP contribution < -0.4 is 5.32 Å². The number of nitrogens with one attached hydrogen (secondary N) is 1. The molecule has 0 aliphatic heterocycles. The fourth-order valence-corrected chi connectivity index (χ4v) is 4.75. The molecule has 1 aromatic heterocycles. The van der Waals surface area contributed by atoms with Gasteiger partial charge < -0.3 is 5.32 Å². The number of hydrogen-bond acceptors (Lipinski definition) is 7. The summed E-state index contributed by atoms with van der Waals surface area (Å²) in [6.45, 7) is 0. The summed E-state index contributed by atoms with van der Waals surface area (Å²) in [4.78, 5) is 31.5. The number of anilines is 1. The van der Waals surface area contributed by atoms with E-state index in [4.69, 9.17) is 11.6 Å². The standard InChI is InChI=1S/C22H15ClN4O3S2/c23-15-3-1-14(2-4-15)12-24-17-7-10-19-20(11-17)32-22(26-19)31-13-21(28)25-16-5-8-18(9-6-16)27(29)30/h1-12H,13H2,(H,25,28). The van der Waals surface area contributed by atoms with Crippen molar-refractivity contribution in [2.24, 2.45) is 4.99 Å². The Morgan fingerprint density at radius 2 is 1.91 bits per heavy atom. The Kier molecular flexibility index (Phi) is 6.79. The third kappa shape index (κ3) is 5.70. The number of fused-ring (bicyclic) bond motifs is 1. The van der Waals surface area contributed by atoms with Crippen molar-refractivity contribution in [2.45, 2.75) is 4.34 Å². The number of hydrogen-bond donors (Lipinski definition) is 1. The number of thiazole rings is 1. The van der Waals surface area contributed by atoms with Gasteiger partial charge in [0, 0.05) is 29.1 Å². The number of non-ortho nitro benzene ring substituents is 1. The summed E-state index contributed by atoms with van der Waals surface area (Å²) in [6, 6.07) is 18.9. The molecule has 0 spiro atoms. The average Bonchev–Trinajstić information content (AvgIpc) is 3.20. The van der Waals surface area contributed by atoms with Crippen LogP contribution in [0.5, 0.6) is 0 Å². The molecule has 0 fully saturated rings. The van der Waals surface area contributed by atoms with Crippen LogP contribution in [-0.4, -0.2) is 27.8 Å². The predicted molar refractivity (Wildman–Crippen MR) is 131 cm³/mol. The summed E-state index contributed by atoms with van der Waals surface area (Å²) < 4.78 is 1.76. The summed E-state index contributed by atoms with van der Waals surface area (Å²) in [6.07, 6.45) is 1.77. The molecular formula is C22H15ClN4O3S2. The van der Waals surface area contributed by atoms with Crippen molar-refractivity contribution in [3.63, 3.8) is 0 Å². The minimum atomic E-state index is -0.483. The first-order chi connectivity index (χ1) is 15.5. The van der Waals surface area contributed by atoms with E-state index in [0.717, 1.165) is 25.8 Å². The molecule has 0 atom stereocenters. The Balaban J connectivity index is 1.36. The molecule has 0 aliphatic rings. The number of carbonyl (C=O) groups excluding carboxylic acids is 1. The van der Waals surface area contributed by atoms with Gasteiger partial charge in [-0.25, -0.2) is 4.98 Å². The predicted octanol–water partition coefficient (Wildman–Crippen LogP) is 6.34. The van der Waals surface area contributed by atoms with Crippen molar-refractivity contribution in [3.8, 4) is 0 Å². The molecule has 1 amide bonds. The van der Waals surface area contributed by atoms with Gasteiger partial charge in [-0.2, -0.15) is 0 Å². The SMILES string of the molecule is O=C(CSc1nc2ccc(N=Cc3ccc(Cl)cc3)cc2s1)Nc1ccc([N+](=O)[O-])cc1. The highest BCUT2D eigenvalue weighted by atomic mass is 35.5. The molecule has 7 nitrogen and oxygen atoms in total. The maximum absolute atomic E-state index is 12.2. The Morgan fingerprint density at radius 1 is 1.16 bits per heavy atom. The molecule has 1 N–H and O–H groups in total. The van der Waals surface area contributed by atoms with Crippen molar-refractivity contribution in [2.75, 3.05) is 11.1 Å². The average molecular weight is 483 g/mol. The monoisotopic (exact) mass is 482 g/mol. The van der Waals surface area contributed by atoms with Crippen LogP contribution in [0.1, 0.15) is 5.56 Å². The van der Waals surface area contributed by atoms with Crippen LogP contribution in [0.25, 0.3) is 10.2 Å². The minimum absolute atomic E-state index is 0.0243. The van der Waals surface area contributed by atoms with Crippen molar-refractivity contribution < 1.29 is 9.72 Å². The number of thioether (sulfide) groups is 1. The van der Waals surface area contributed by atoms with Crippen LogP contribution in [0.4, 0.5) is 17.1 Å². The maximum atomic E-state index is 12.2.